The molecule has 0 spiro atoms. The summed E-state index contributed by atoms with van der Waals surface area (Å²) in [5.74, 6) is 0.0614. The molecular formula is C24H23F3N2O2S. The first-order chi connectivity index (χ1) is 15.1. The summed E-state index contributed by atoms with van der Waals surface area (Å²) in [4.78, 5) is 12.3. The number of nitrogens with zero attached hydrogens (tertiary/aromatic N) is 1. The Labute approximate surface area is 187 Å². The largest absolute Gasteiger partial charge is 0.416 e. The van der Waals surface area contributed by atoms with Gasteiger partial charge in [-0.2, -0.15) is 13.2 Å². The Morgan fingerprint density at radius 1 is 1.12 bits per heavy atom. The molecule has 0 saturated heterocycles. The van der Waals surface area contributed by atoms with Crippen molar-refractivity contribution in [2.75, 3.05) is 5.32 Å². The molecule has 1 amide bonds. The smallest absolute Gasteiger partial charge is 0.356 e. The quantitative estimate of drug-likeness (QED) is 0.328. The molecule has 4 aromatic rings. The van der Waals surface area contributed by atoms with Gasteiger partial charge in [0, 0.05) is 33.6 Å². The van der Waals surface area contributed by atoms with Crippen LogP contribution in [0.15, 0.2) is 40.9 Å². The summed E-state index contributed by atoms with van der Waals surface area (Å²) >= 11 is 1.45. The molecule has 0 radical (unpaired) electrons. The van der Waals surface area contributed by atoms with Gasteiger partial charge in [-0.15, -0.1) is 11.3 Å². The fraction of sp³-hybridized carbons (Fsp3) is 0.333. The van der Waals surface area contributed by atoms with E-state index in [1.54, 1.807) is 12.1 Å². The number of benzene rings is 2. The average molecular weight is 461 g/mol. The molecule has 0 bridgehead atoms. The summed E-state index contributed by atoms with van der Waals surface area (Å²) in [6.07, 6.45) is -2.10. The van der Waals surface area contributed by atoms with Crippen LogP contribution in [0, 0.1) is 0 Å². The predicted octanol–water partition coefficient (Wildman–Crippen LogP) is 7.32. The normalized spacial score (nSPS) is 12.2. The van der Waals surface area contributed by atoms with Gasteiger partial charge in [-0.25, -0.2) is 0 Å². The number of fused-ring (bicyclic) bond motifs is 2. The van der Waals surface area contributed by atoms with Gasteiger partial charge in [0.2, 0.25) is 5.91 Å². The topological polar surface area (TPSA) is 55.1 Å². The van der Waals surface area contributed by atoms with Crippen LogP contribution in [0.5, 0.6) is 0 Å². The van der Waals surface area contributed by atoms with E-state index in [4.69, 9.17) is 4.52 Å². The molecular weight excluding hydrogens is 437 g/mol. The van der Waals surface area contributed by atoms with E-state index in [1.165, 1.54) is 30.4 Å². The Hall–Kier alpha value is -2.87. The Kier molecular flexibility index (Phi) is 5.99. The molecule has 0 atom stereocenters. The van der Waals surface area contributed by atoms with Crippen LogP contribution in [-0.2, 0) is 23.8 Å². The summed E-state index contributed by atoms with van der Waals surface area (Å²) in [5.41, 5.74) is 2.61. The molecule has 4 rings (SSSR count). The SMILES string of the molecule is CC(=O)Nc1ccc2c(CCCc3sc4cc(C(F)(F)F)ccc4c3C(C)C)noc2c1. The highest BCUT2D eigenvalue weighted by Gasteiger charge is 2.31. The number of carbonyl (C=O) groups is 1. The van der Waals surface area contributed by atoms with Gasteiger partial charge in [-0.1, -0.05) is 25.1 Å². The van der Waals surface area contributed by atoms with Gasteiger partial charge in [0.1, 0.15) is 0 Å². The van der Waals surface area contributed by atoms with Crippen molar-refractivity contribution in [1.29, 1.82) is 0 Å². The van der Waals surface area contributed by atoms with Crippen LogP contribution in [0.1, 0.15) is 54.8 Å². The number of thiophene rings is 1. The number of hydrogen-bond donors (Lipinski definition) is 1. The molecule has 8 heteroatoms. The summed E-state index contributed by atoms with van der Waals surface area (Å²) in [5, 5.41) is 8.70. The lowest BCUT2D eigenvalue weighted by atomic mass is 9.96. The second kappa shape index (κ2) is 8.58. The van der Waals surface area contributed by atoms with Crippen LogP contribution < -0.4 is 5.32 Å². The Balaban J connectivity index is 1.54. The van der Waals surface area contributed by atoms with Crippen LogP contribution in [0.2, 0.25) is 0 Å². The number of halogens is 3. The second-order valence-electron chi connectivity index (χ2n) is 8.18. The highest BCUT2D eigenvalue weighted by atomic mass is 32.1. The maximum absolute atomic E-state index is 13.1. The van der Waals surface area contributed by atoms with Crippen LogP contribution in [0.4, 0.5) is 18.9 Å². The standard InChI is InChI=1S/C24H23F3N2O2S/c1-13(2)23-18-9-7-15(24(25,26)27)11-22(18)32-21(23)6-4-5-19-17-10-8-16(28-14(3)30)12-20(17)31-29-19/h7-13H,4-6H2,1-3H3,(H,28,30). The van der Waals surface area contributed by atoms with E-state index in [2.05, 4.69) is 24.3 Å². The van der Waals surface area contributed by atoms with Crippen molar-refractivity contribution in [3.63, 3.8) is 0 Å². The van der Waals surface area contributed by atoms with E-state index in [0.717, 1.165) is 39.7 Å². The van der Waals surface area contributed by atoms with E-state index >= 15 is 0 Å². The average Bonchev–Trinajstić information content (AvgIpc) is 3.27. The molecule has 4 nitrogen and oxygen atoms in total. The zero-order chi connectivity index (χ0) is 23.0. The lowest BCUT2D eigenvalue weighted by molar-refractivity contribution is -0.137. The number of carbonyl (C=O) groups excluding carboxylic acids is 1. The van der Waals surface area contributed by atoms with Crippen molar-refractivity contribution < 1.29 is 22.5 Å². The number of rotatable bonds is 6. The third kappa shape index (κ3) is 4.50. The number of alkyl halides is 3. The molecule has 1 N–H and O–H groups in total. The maximum atomic E-state index is 13.1. The van der Waals surface area contributed by atoms with Crippen molar-refractivity contribution in [1.82, 2.24) is 5.16 Å². The first-order valence-corrected chi connectivity index (χ1v) is 11.2. The molecule has 0 fully saturated rings. The molecule has 0 saturated carbocycles. The molecule has 0 aliphatic carbocycles. The van der Waals surface area contributed by atoms with E-state index in [0.29, 0.717) is 22.4 Å². The number of nitrogens with one attached hydrogen (secondary N) is 1. The van der Waals surface area contributed by atoms with Crippen LogP contribution in [-0.4, -0.2) is 11.1 Å². The molecule has 168 valence electrons. The summed E-state index contributed by atoms with van der Waals surface area (Å²) in [7, 11) is 0. The molecule has 0 aliphatic rings. The lowest BCUT2D eigenvalue weighted by Gasteiger charge is -2.09. The fourth-order valence-corrected chi connectivity index (χ4v) is 5.47. The molecule has 0 aliphatic heterocycles. The number of aryl methyl sites for hydroxylation is 2. The van der Waals surface area contributed by atoms with Gasteiger partial charge in [0.15, 0.2) is 5.58 Å². The van der Waals surface area contributed by atoms with E-state index in [-0.39, 0.29) is 11.8 Å². The molecule has 2 heterocycles. The van der Waals surface area contributed by atoms with Crippen molar-refractivity contribution >= 4 is 44.0 Å². The zero-order valence-electron chi connectivity index (χ0n) is 18.0. The monoisotopic (exact) mass is 460 g/mol. The van der Waals surface area contributed by atoms with E-state index < -0.39 is 11.7 Å². The van der Waals surface area contributed by atoms with Gasteiger partial charge in [0.05, 0.1) is 11.3 Å². The minimum Gasteiger partial charge on any atom is -0.356 e. The van der Waals surface area contributed by atoms with Gasteiger partial charge < -0.3 is 9.84 Å². The predicted molar refractivity (Wildman–Crippen MR) is 121 cm³/mol. The number of aromatic nitrogens is 1. The van der Waals surface area contributed by atoms with Crippen molar-refractivity contribution in [2.45, 2.75) is 52.1 Å². The minimum absolute atomic E-state index is 0.157. The third-order valence-corrected chi connectivity index (χ3v) is 6.62. The van der Waals surface area contributed by atoms with Gasteiger partial charge in [-0.3, -0.25) is 4.79 Å². The number of anilines is 1. The van der Waals surface area contributed by atoms with Crippen molar-refractivity contribution in [3.8, 4) is 0 Å². The second-order valence-corrected chi connectivity index (χ2v) is 9.31. The lowest BCUT2D eigenvalue weighted by Crippen LogP contribution is -2.05. The molecule has 2 aromatic carbocycles. The van der Waals surface area contributed by atoms with Crippen molar-refractivity contribution in [3.05, 3.63) is 58.1 Å². The Morgan fingerprint density at radius 2 is 1.88 bits per heavy atom. The zero-order valence-corrected chi connectivity index (χ0v) is 18.8. The maximum Gasteiger partial charge on any atom is 0.416 e. The van der Waals surface area contributed by atoms with Crippen LogP contribution >= 0.6 is 11.3 Å². The number of amides is 1. The Bertz CT molecular complexity index is 1290. The molecule has 32 heavy (non-hydrogen) atoms. The minimum atomic E-state index is -4.34. The summed E-state index contributed by atoms with van der Waals surface area (Å²) in [6.45, 7) is 5.58. The number of hydrogen-bond acceptors (Lipinski definition) is 4. The first-order valence-electron chi connectivity index (χ1n) is 10.4. The highest BCUT2D eigenvalue weighted by molar-refractivity contribution is 7.19. The van der Waals surface area contributed by atoms with E-state index in [1.807, 2.05) is 12.1 Å². The van der Waals surface area contributed by atoms with Gasteiger partial charge in [-0.05, 0) is 60.4 Å². The molecule has 0 unspecified atom stereocenters. The Morgan fingerprint density at radius 3 is 2.56 bits per heavy atom. The summed E-state index contributed by atoms with van der Waals surface area (Å²) < 4.78 is 45.5. The third-order valence-electron chi connectivity index (χ3n) is 5.39. The van der Waals surface area contributed by atoms with Gasteiger partial charge >= 0.3 is 6.18 Å². The van der Waals surface area contributed by atoms with Crippen molar-refractivity contribution in [2.24, 2.45) is 0 Å². The summed E-state index contributed by atoms with van der Waals surface area (Å²) in [6, 6.07) is 9.46. The van der Waals surface area contributed by atoms with Gasteiger partial charge in [0.25, 0.3) is 0 Å². The molecule has 2 aromatic heterocycles. The fourth-order valence-electron chi connectivity index (χ4n) is 4.03. The van der Waals surface area contributed by atoms with Crippen LogP contribution in [0.25, 0.3) is 21.1 Å². The van der Waals surface area contributed by atoms with Crippen LogP contribution in [0.3, 0.4) is 0 Å². The first kappa shape index (κ1) is 22.3. The van der Waals surface area contributed by atoms with E-state index in [9.17, 15) is 18.0 Å². The highest BCUT2D eigenvalue weighted by Crippen LogP contribution is 2.40.